The van der Waals surface area contributed by atoms with Gasteiger partial charge in [-0.05, 0) is 18.3 Å². The molecule has 0 aromatic rings. The van der Waals surface area contributed by atoms with E-state index in [-0.39, 0.29) is 12.0 Å². The van der Waals surface area contributed by atoms with Crippen LogP contribution in [0.25, 0.3) is 0 Å². The zero-order chi connectivity index (χ0) is 14.8. The molecule has 0 aromatic heterocycles. The van der Waals surface area contributed by atoms with Crippen LogP contribution in [-0.2, 0) is 9.47 Å². The predicted octanol–water partition coefficient (Wildman–Crippen LogP) is 0.722. The number of methoxy groups -OCH3 is 1. The van der Waals surface area contributed by atoms with Crippen molar-refractivity contribution in [3.05, 3.63) is 0 Å². The number of ether oxygens (including phenoxy) is 2. The quantitative estimate of drug-likeness (QED) is 0.620. The van der Waals surface area contributed by atoms with Gasteiger partial charge >= 0.3 is 0 Å². The second-order valence-electron chi connectivity index (χ2n) is 6.14. The lowest BCUT2D eigenvalue weighted by Crippen LogP contribution is -2.49. The molecular weight excluding hydrogens is 256 g/mol. The molecule has 1 aliphatic rings. The number of nitrogens with zero attached hydrogens (tertiary/aromatic N) is 1. The van der Waals surface area contributed by atoms with Gasteiger partial charge in [0, 0.05) is 52.5 Å². The highest BCUT2D eigenvalue weighted by atomic mass is 16.5. The van der Waals surface area contributed by atoms with Gasteiger partial charge in [0.25, 0.3) is 0 Å². The molecule has 0 saturated carbocycles. The SMILES string of the molecule is COCCN(CCO)CC1(CNC(C)C)CCOCC1. The van der Waals surface area contributed by atoms with E-state index in [0.717, 1.165) is 45.7 Å². The van der Waals surface area contributed by atoms with Crippen molar-refractivity contribution in [1.82, 2.24) is 10.2 Å². The van der Waals surface area contributed by atoms with Crippen LogP contribution in [0.3, 0.4) is 0 Å². The molecule has 0 radical (unpaired) electrons. The van der Waals surface area contributed by atoms with Gasteiger partial charge in [-0.25, -0.2) is 0 Å². The van der Waals surface area contributed by atoms with Crippen molar-refractivity contribution in [3.63, 3.8) is 0 Å². The number of hydrogen-bond acceptors (Lipinski definition) is 5. The molecule has 0 aromatic carbocycles. The van der Waals surface area contributed by atoms with Crippen LogP contribution in [0.2, 0.25) is 0 Å². The molecule has 0 amide bonds. The van der Waals surface area contributed by atoms with Gasteiger partial charge in [0.15, 0.2) is 0 Å². The van der Waals surface area contributed by atoms with Gasteiger partial charge in [-0.15, -0.1) is 0 Å². The Labute approximate surface area is 123 Å². The lowest BCUT2D eigenvalue weighted by atomic mass is 9.79. The Bertz CT molecular complexity index is 243. The molecule has 0 atom stereocenters. The summed E-state index contributed by atoms with van der Waals surface area (Å²) < 4.78 is 10.7. The number of nitrogens with one attached hydrogen (secondary N) is 1. The van der Waals surface area contributed by atoms with Gasteiger partial charge in [-0.2, -0.15) is 0 Å². The summed E-state index contributed by atoms with van der Waals surface area (Å²) in [7, 11) is 1.72. The number of rotatable bonds is 10. The first-order valence-electron chi connectivity index (χ1n) is 7.75. The second kappa shape index (κ2) is 9.68. The minimum Gasteiger partial charge on any atom is -0.395 e. The average molecular weight is 288 g/mol. The molecule has 0 unspecified atom stereocenters. The highest BCUT2D eigenvalue weighted by Gasteiger charge is 2.34. The van der Waals surface area contributed by atoms with E-state index in [0.29, 0.717) is 19.2 Å². The summed E-state index contributed by atoms with van der Waals surface area (Å²) in [6.07, 6.45) is 2.17. The fourth-order valence-corrected chi connectivity index (χ4v) is 2.72. The Balaban J connectivity index is 2.59. The molecule has 0 bridgehead atoms. The van der Waals surface area contributed by atoms with E-state index in [1.807, 2.05) is 0 Å². The largest absolute Gasteiger partial charge is 0.395 e. The van der Waals surface area contributed by atoms with Crippen molar-refractivity contribution in [2.45, 2.75) is 32.7 Å². The number of hydrogen-bond donors (Lipinski definition) is 2. The van der Waals surface area contributed by atoms with Crippen LogP contribution in [0.15, 0.2) is 0 Å². The van der Waals surface area contributed by atoms with Gasteiger partial charge in [-0.1, -0.05) is 13.8 Å². The number of aliphatic hydroxyl groups excluding tert-OH is 1. The molecule has 5 nitrogen and oxygen atoms in total. The molecule has 1 saturated heterocycles. The summed E-state index contributed by atoms with van der Waals surface area (Å²) in [5.41, 5.74) is 0.255. The maximum Gasteiger partial charge on any atom is 0.0589 e. The van der Waals surface area contributed by atoms with Gasteiger partial charge in [0.05, 0.1) is 13.2 Å². The maximum absolute atomic E-state index is 9.24. The molecule has 120 valence electrons. The monoisotopic (exact) mass is 288 g/mol. The van der Waals surface area contributed by atoms with Crippen LogP contribution in [0.1, 0.15) is 26.7 Å². The lowest BCUT2D eigenvalue weighted by molar-refractivity contribution is -0.0108. The summed E-state index contributed by atoms with van der Waals surface area (Å²) in [4.78, 5) is 2.32. The van der Waals surface area contributed by atoms with E-state index in [4.69, 9.17) is 9.47 Å². The van der Waals surface area contributed by atoms with Crippen molar-refractivity contribution in [2.24, 2.45) is 5.41 Å². The fourth-order valence-electron chi connectivity index (χ4n) is 2.72. The Kier molecular flexibility index (Phi) is 8.64. The van der Waals surface area contributed by atoms with E-state index in [1.165, 1.54) is 0 Å². The summed E-state index contributed by atoms with van der Waals surface area (Å²) in [6.45, 7) is 10.6. The van der Waals surface area contributed by atoms with Crippen LogP contribution < -0.4 is 5.32 Å². The van der Waals surface area contributed by atoms with E-state index >= 15 is 0 Å². The molecule has 0 spiro atoms. The van der Waals surface area contributed by atoms with Crippen LogP contribution in [0.5, 0.6) is 0 Å². The fraction of sp³-hybridized carbons (Fsp3) is 1.00. The van der Waals surface area contributed by atoms with Crippen LogP contribution in [-0.4, -0.2) is 75.8 Å². The third kappa shape index (κ3) is 6.50. The first-order chi connectivity index (χ1) is 9.62. The Morgan fingerprint density at radius 1 is 1.30 bits per heavy atom. The Hall–Kier alpha value is -0.200. The summed E-state index contributed by atoms with van der Waals surface area (Å²) in [6, 6.07) is 0.500. The molecule has 1 heterocycles. The Morgan fingerprint density at radius 2 is 2.00 bits per heavy atom. The first-order valence-corrected chi connectivity index (χ1v) is 7.75. The minimum atomic E-state index is 0.202. The smallest absolute Gasteiger partial charge is 0.0589 e. The zero-order valence-corrected chi connectivity index (χ0v) is 13.4. The predicted molar refractivity (Wildman–Crippen MR) is 81.0 cm³/mol. The Morgan fingerprint density at radius 3 is 2.55 bits per heavy atom. The molecule has 1 aliphatic heterocycles. The summed E-state index contributed by atoms with van der Waals surface area (Å²) >= 11 is 0. The van der Waals surface area contributed by atoms with Crippen molar-refractivity contribution < 1.29 is 14.6 Å². The third-order valence-corrected chi connectivity index (χ3v) is 4.03. The van der Waals surface area contributed by atoms with Gasteiger partial charge in [0.1, 0.15) is 0 Å². The highest BCUT2D eigenvalue weighted by molar-refractivity contribution is 4.87. The van der Waals surface area contributed by atoms with Gasteiger partial charge < -0.3 is 19.9 Å². The van der Waals surface area contributed by atoms with Crippen molar-refractivity contribution in [1.29, 1.82) is 0 Å². The van der Waals surface area contributed by atoms with Crippen molar-refractivity contribution in [2.75, 3.05) is 59.7 Å². The highest BCUT2D eigenvalue weighted by Crippen LogP contribution is 2.31. The molecule has 1 rings (SSSR count). The van der Waals surface area contributed by atoms with Crippen LogP contribution in [0.4, 0.5) is 0 Å². The molecule has 2 N–H and O–H groups in total. The van der Waals surface area contributed by atoms with Crippen molar-refractivity contribution in [3.8, 4) is 0 Å². The normalized spacial score (nSPS) is 18.9. The van der Waals surface area contributed by atoms with E-state index < -0.39 is 0 Å². The van der Waals surface area contributed by atoms with E-state index in [2.05, 4.69) is 24.1 Å². The van der Waals surface area contributed by atoms with Gasteiger partial charge in [-0.3, -0.25) is 4.90 Å². The third-order valence-electron chi connectivity index (χ3n) is 4.03. The zero-order valence-electron chi connectivity index (χ0n) is 13.4. The van der Waals surface area contributed by atoms with E-state index in [1.54, 1.807) is 7.11 Å². The van der Waals surface area contributed by atoms with Crippen LogP contribution in [0, 0.1) is 5.41 Å². The molecule has 1 fully saturated rings. The number of aliphatic hydroxyl groups is 1. The average Bonchev–Trinajstić information content (AvgIpc) is 2.44. The maximum atomic E-state index is 9.24. The minimum absolute atomic E-state index is 0.202. The second-order valence-corrected chi connectivity index (χ2v) is 6.14. The topological polar surface area (TPSA) is 54.0 Å². The molecule has 20 heavy (non-hydrogen) atoms. The molecular formula is C15H32N2O3. The summed E-state index contributed by atoms with van der Waals surface area (Å²) in [5, 5.41) is 12.8. The standard InChI is InChI=1S/C15H32N2O3/c1-14(2)16-12-15(4-9-20-10-5-15)13-17(6-8-18)7-11-19-3/h14,16,18H,4-13H2,1-3H3. The molecule has 5 heteroatoms. The first kappa shape index (κ1) is 17.9. The van der Waals surface area contributed by atoms with Crippen molar-refractivity contribution >= 4 is 0 Å². The van der Waals surface area contributed by atoms with Gasteiger partial charge in [0.2, 0.25) is 0 Å². The summed E-state index contributed by atoms with van der Waals surface area (Å²) in [5.74, 6) is 0. The molecule has 0 aliphatic carbocycles. The lowest BCUT2D eigenvalue weighted by Gasteiger charge is -2.41. The van der Waals surface area contributed by atoms with Crippen LogP contribution >= 0.6 is 0 Å². The van der Waals surface area contributed by atoms with E-state index in [9.17, 15) is 5.11 Å².